The van der Waals surface area contributed by atoms with Crippen LogP contribution in [0.3, 0.4) is 0 Å². The first kappa shape index (κ1) is 13.5. The van der Waals surface area contributed by atoms with Crippen LogP contribution in [-0.2, 0) is 9.59 Å². The molecule has 0 bridgehead atoms. The van der Waals surface area contributed by atoms with E-state index in [9.17, 15) is 14.0 Å². The maximum Gasteiger partial charge on any atom is 0.248 e. The Morgan fingerprint density at radius 3 is 2.68 bits per heavy atom. The van der Waals surface area contributed by atoms with Crippen molar-refractivity contribution in [2.24, 2.45) is 0 Å². The number of hydrogen-bond donors (Lipinski definition) is 1. The van der Waals surface area contributed by atoms with Crippen LogP contribution >= 0.6 is 0 Å². The quantitative estimate of drug-likeness (QED) is 0.882. The molecule has 0 aromatic heterocycles. The first-order valence-electron chi connectivity index (χ1n) is 6.19. The minimum absolute atomic E-state index is 0.0000562. The van der Waals surface area contributed by atoms with E-state index in [2.05, 4.69) is 5.32 Å². The van der Waals surface area contributed by atoms with Crippen LogP contribution in [0.25, 0.3) is 0 Å². The second-order valence-electron chi connectivity index (χ2n) is 5.34. The largest absolute Gasteiger partial charge is 0.341 e. The third-order valence-corrected chi connectivity index (χ3v) is 3.36. The number of halogens is 1. The molecule has 1 heterocycles. The summed E-state index contributed by atoms with van der Waals surface area (Å²) in [5.41, 5.74) is -0.240. The van der Waals surface area contributed by atoms with Gasteiger partial charge in [-0.2, -0.15) is 0 Å². The van der Waals surface area contributed by atoms with Gasteiger partial charge in [-0.1, -0.05) is 12.1 Å². The highest BCUT2D eigenvalue weighted by Crippen LogP contribution is 2.25. The van der Waals surface area contributed by atoms with Crippen LogP contribution in [0, 0.1) is 5.82 Å². The zero-order chi connectivity index (χ0) is 14.2. The second kappa shape index (κ2) is 4.64. The van der Waals surface area contributed by atoms with E-state index < -0.39 is 5.54 Å². The van der Waals surface area contributed by atoms with Gasteiger partial charge in [-0.05, 0) is 38.5 Å². The Hall–Kier alpha value is -1.91. The normalized spacial score (nSPS) is 20.1. The van der Waals surface area contributed by atoms with E-state index in [-0.39, 0.29) is 30.2 Å². The van der Waals surface area contributed by atoms with Gasteiger partial charge in [0, 0.05) is 0 Å². The number of rotatable bonds is 2. The molecule has 0 aliphatic carbocycles. The summed E-state index contributed by atoms with van der Waals surface area (Å²) < 4.78 is 13.2. The van der Waals surface area contributed by atoms with Gasteiger partial charge in [0.1, 0.15) is 17.9 Å². The Bertz CT molecular complexity index is 528. The first-order valence-corrected chi connectivity index (χ1v) is 6.19. The van der Waals surface area contributed by atoms with Crippen molar-refractivity contribution < 1.29 is 14.0 Å². The minimum Gasteiger partial charge on any atom is -0.341 e. The molecule has 1 fully saturated rings. The predicted octanol–water partition coefficient (Wildman–Crippen LogP) is 1.62. The molecule has 1 saturated heterocycles. The number of benzene rings is 1. The molecule has 1 aromatic carbocycles. The van der Waals surface area contributed by atoms with Crippen molar-refractivity contribution in [1.82, 2.24) is 10.2 Å². The van der Waals surface area contributed by atoms with Crippen LogP contribution in [0.5, 0.6) is 0 Å². The van der Waals surface area contributed by atoms with Gasteiger partial charge >= 0.3 is 0 Å². The van der Waals surface area contributed by atoms with Gasteiger partial charge in [0.05, 0.1) is 6.04 Å². The van der Waals surface area contributed by atoms with Crippen LogP contribution in [0.2, 0.25) is 0 Å². The molecule has 5 heteroatoms. The Balaban J connectivity index is 2.30. The van der Waals surface area contributed by atoms with Gasteiger partial charge in [0.2, 0.25) is 11.8 Å². The average molecular weight is 264 g/mol. The van der Waals surface area contributed by atoms with E-state index in [0.29, 0.717) is 5.56 Å². The fourth-order valence-corrected chi connectivity index (χ4v) is 2.29. The van der Waals surface area contributed by atoms with Gasteiger partial charge in [0.25, 0.3) is 0 Å². The summed E-state index contributed by atoms with van der Waals surface area (Å²) >= 11 is 0. The standard InChI is InChI=1S/C14H17FN2O2/c1-9(10-5-4-6-11(15)7-10)17-8-12(18)16-14(2,3)13(17)19/h4-7,9H,8H2,1-3H3,(H,16,18). The highest BCUT2D eigenvalue weighted by molar-refractivity contribution is 5.97. The highest BCUT2D eigenvalue weighted by atomic mass is 19.1. The SMILES string of the molecule is CC(c1cccc(F)c1)N1CC(=O)NC(C)(C)C1=O. The molecule has 0 radical (unpaired) electrons. The molecule has 1 unspecified atom stereocenters. The predicted molar refractivity (Wildman–Crippen MR) is 68.7 cm³/mol. The number of nitrogens with zero attached hydrogens (tertiary/aromatic N) is 1. The van der Waals surface area contributed by atoms with Crippen molar-refractivity contribution >= 4 is 11.8 Å². The molecular weight excluding hydrogens is 247 g/mol. The summed E-state index contributed by atoms with van der Waals surface area (Å²) in [7, 11) is 0. The summed E-state index contributed by atoms with van der Waals surface area (Å²) in [5, 5.41) is 2.65. The average Bonchev–Trinajstić information content (AvgIpc) is 2.32. The molecule has 0 saturated carbocycles. The van der Waals surface area contributed by atoms with Gasteiger partial charge in [-0.15, -0.1) is 0 Å². The summed E-state index contributed by atoms with van der Waals surface area (Å²) in [4.78, 5) is 25.4. The molecule has 1 atom stereocenters. The van der Waals surface area contributed by atoms with Crippen LogP contribution < -0.4 is 5.32 Å². The number of nitrogens with one attached hydrogen (secondary N) is 1. The monoisotopic (exact) mass is 264 g/mol. The van der Waals surface area contributed by atoms with Crippen molar-refractivity contribution in [3.8, 4) is 0 Å². The topological polar surface area (TPSA) is 49.4 Å². The molecule has 1 N–H and O–H groups in total. The zero-order valence-corrected chi connectivity index (χ0v) is 11.2. The Kier molecular flexibility index (Phi) is 3.30. The Labute approximate surface area is 111 Å². The molecule has 1 aliphatic rings. The van der Waals surface area contributed by atoms with Crippen molar-refractivity contribution in [1.29, 1.82) is 0 Å². The van der Waals surface area contributed by atoms with Crippen molar-refractivity contribution in [3.05, 3.63) is 35.6 Å². The van der Waals surface area contributed by atoms with Crippen molar-refractivity contribution in [2.45, 2.75) is 32.4 Å². The van der Waals surface area contributed by atoms with Gasteiger partial charge < -0.3 is 10.2 Å². The van der Waals surface area contributed by atoms with Crippen LogP contribution in [0.4, 0.5) is 4.39 Å². The molecule has 19 heavy (non-hydrogen) atoms. The molecular formula is C14H17FN2O2. The molecule has 1 aromatic rings. The maximum absolute atomic E-state index is 13.2. The summed E-state index contributed by atoms with van der Waals surface area (Å²) in [6.07, 6.45) is 0. The van der Waals surface area contributed by atoms with E-state index >= 15 is 0 Å². The van der Waals surface area contributed by atoms with E-state index in [1.807, 2.05) is 0 Å². The lowest BCUT2D eigenvalue weighted by Crippen LogP contribution is -2.64. The fraction of sp³-hybridized carbons (Fsp3) is 0.429. The first-order chi connectivity index (χ1) is 8.81. The van der Waals surface area contributed by atoms with E-state index in [0.717, 1.165) is 0 Å². The van der Waals surface area contributed by atoms with Crippen molar-refractivity contribution in [3.63, 3.8) is 0 Å². The van der Waals surface area contributed by atoms with E-state index in [1.54, 1.807) is 32.9 Å². The number of amides is 2. The molecule has 2 amide bonds. The van der Waals surface area contributed by atoms with Crippen LogP contribution in [0.1, 0.15) is 32.4 Å². The molecule has 2 rings (SSSR count). The number of piperazine rings is 1. The summed E-state index contributed by atoms with van der Waals surface area (Å²) in [5.74, 6) is -0.714. The third kappa shape index (κ3) is 2.59. The number of carbonyl (C=O) groups is 2. The van der Waals surface area contributed by atoms with Crippen molar-refractivity contribution in [2.75, 3.05) is 6.54 Å². The minimum atomic E-state index is -0.920. The number of carbonyl (C=O) groups excluding carboxylic acids is 2. The lowest BCUT2D eigenvalue weighted by atomic mass is 9.97. The second-order valence-corrected chi connectivity index (χ2v) is 5.34. The lowest BCUT2D eigenvalue weighted by Gasteiger charge is -2.40. The Morgan fingerprint density at radius 2 is 2.05 bits per heavy atom. The molecule has 102 valence electrons. The maximum atomic E-state index is 13.2. The number of hydrogen-bond acceptors (Lipinski definition) is 2. The van der Waals surface area contributed by atoms with Crippen LogP contribution in [-0.4, -0.2) is 28.8 Å². The lowest BCUT2D eigenvalue weighted by molar-refractivity contribution is -0.150. The van der Waals surface area contributed by atoms with Crippen LogP contribution in [0.15, 0.2) is 24.3 Å². The van der Waals surface area contributed by atoms with Gasteiger partial charge in [-0.3, -0.25) is 9.59 Å². The highest BCUT2D eigenvalue weighted by Gasteiger charge is 2.41. The fourth-order valence-electron chi connectivity index (χ4n) is 2.29. The summed E-state index contributed by atoms with van der Waals surface area (Å²) in [6, 6.07) is 5.75. The summed E-state index contributed by atoms with van der Waals surface area (Å²) in [6.45, 7) is 5.12. The zero-order valence-electron chi connectivity index (χ0n) is 11.2. The Morgan fingerprint density at radius 1 is 1.37 bits per heavy atom. The molecule has 1 aliphatic heterocycles. The van der Waals surface area contributed by atoms with Gasteiger partial charge in [-0.25, -0.2) is 4.39 Å². The van der Waals surface area contributed by atoms with E-state index in [4.69, 9.17) is 0 Å². The molecule has 0 spiro atoms. The third-order valence-electron chi connectivity index (χ3n) is 3.36. The smallest absolute Gasteiger partial charge is 0.248 e. The molecule has 4 nitrogen and oxygen atoms in total. The van der Waals surface area contributed by atoms with E-state index in [1.165, 1.54) is 17.0 Å². The van der Waals surface area contributed by atoms with Gasteiger partial charge in [0.15, 0.2) is 0 Å².